The van der Waals surface area contributed by atoms with Crippen LogP contribution >= 0.6 is 0 Å². The maximum absolute atomic E-state index is 12.0. The Kier molecular flexibility index (Phi) is 6.07. The molecule has 0 spiro atoms. The lowest BCUT2D eigenvalue weighted by Crippen LogP contribution is -2.50. The predicted molar refractivity (Wildman–Crippen MR) is 75.1 cm³/mol. The average Bonchev–Trinajstić information content (AvgIpc) is 2.34. The number of nitrogens with one attached hydrogen (secondary N) is 1. The third-order valence-electron chi connectivity index (χ3n) is 3.14. The molecule has 112 valence electrons. The van der Waals surface area contributed by atoms with Crippen LogP contribution in [0.2, 0.25) is 0 Å². The molecule has 5 heteroatoms. The van der Waals surface area contributed by atoms with Crippen LogP contribution in [0.3, 0.4) is 0 Å². The van der Waals surface area contributed by atoms with E-state index in [4.69, 9.17) is 9.84 Å². The summed E-state index contributed by atoms with van der Waals surface area (Å²) in [5.41, 5.74) is -0.442. The molecule has 0 aliphatic carbocycles. The number of aliphatic hydroxyl groups excluding tert-OH is 1. The van der Waals surface area contributed by atoms with Crippen LogP contribution in [-0.2, 0) is 4.74 Å². The van der Waals surface area contributed by atoms with Crippen molar-refractivity contribution in [3.8, 4) is 0 Å². The maximum atomic E-state index is 12.0. The van der Waals surface area contributed by atoms with Gasteiger partial charge in [0.1, 0.15) is 5.60 Å². The Bertz CT molecular complexity index is 289. The smallest absolute Gasteiger partial charge is 0.410 e. The summed E-state index contributed by atoms with van der Waals surface area (Å²) in [4.78, 5) is 13.8. The molecular weight excluding hydrogens is 244 g/mol. The minimum Gasteiger partial charge on any atom is -0.444 e. The van der Waals surface area contributed by atoms with Gasteiger partial charge >= 0.3 is 6.09 Å². The highest BCUT2D eigenvalue weighted by atomic mass is 16.6. The molecule has 2 N–H and O–H groups in total. The third-order valence-corrected chi connectivity index (χ3v) is 3.14. The lowest BCUT2D eigenvalue weighted by molar-refractivity contribution is 0.0185. The largest absolute Gasteiger partial charge is 0.444 e. The van der Waals surface area contributed by atoms with Gasteiger partial charge in [-0.3, -0.25) is 0 Å². The van der Waals surface area contributed by atoms with Gasteiger partial charge in [-0.2, -0.15) is 0 Å². The fourth-order valence-electron chi connectivity index (χ4n) is 2.07. The highest BCUT2D eigenvalue weighted by Gasteiger charge is 2.27. The fourth-order valence-corrected chi connectivity index (χ4v) is 2.07. The number of hydrogen-bond donors (Lipinski definition) is 2. The first kappa shape index (κ1) is 16.2. The molecule has 0 radical (unpaired) electrons. The van der Waals surface area contributed by atoms with Crippen LogP contribution in [0.5, 0.6) is 0 Å². The van der Waals surface area contributed by atoms with Crippen molar-refractivity contribution in [1.29, 1.82) is 0 Å². The minimum atomic E-state index is -0.442. The van der Waals surface area contributed by atoms with Gasteiger partial charge in [0.05, 0.1) is 0 Å². The number of rotatable bonds is 4. The van der Waals surface area contributed by atoms with Crippen molar-refractivity contribution in [2.45, 2.75) is 52.2 Å². The summed E-state index contributed by atoms with van der Waals surface area (Å²) in [6.07, 6.45) is 1.83. The molecule has 5 nitrogen and oxygen atoms in total. The zero-order chi connectivity index (χ0) is 14.5. The molecule has 2 unspecified atom stereocenters. The fraction of sp³-hybridized carbons (Fsp3) is 0.929. The van der Waals surface area contributed by atoms with Gasteiger partial charge in [-0.15, -0.1) is 0 Å². The van der Waals surface area contributed by atoms with Crippen LogP contribution in [0, 0.1) is 5.92 Å². The van der Waals surface area contributed by atoms with Crippen molar-refractivity contribution in [2.24, 2.45) is 5.92 Å². The summed E-state index contributed by atoms with van der Waals surface area (Å²) in [5, 5.41) is 12.4. The number of piperidine rings is 1. The van der Waals surface area contributed by atoms with Crippen LogP contribution in [0.1, 0.15) is 40.5 Å². The van der Waals surface area contributed by atoms with Crippen LogP contribution in [0.4, 0.5) is 4.79 Å². The highest BCUT2D eigenvalue weighted by Crippen LogP contribution is 2.15. The average molecular weight is 272 g/mol. The molecule has 0 aromatic heterocycles. The predicted octanol–water partition coefficient (Wildman–Crippen LogP) is 1.60. The standard InChI is InChI=1S/C14H28N2O3/c1-11(10-17)8-15-12-6-5-7-16(9-12)13(18)19-14(2,3)4/h11-12,15,17H,5-10H2,1-4H3. The maximum Gasteiger partial charge on any atom is 0.410 e. The summed E-state index contributed by atoms with van der Waals surface area (Å²) in [5.74, 6) is 0.247. The van der Waals surface area contributed by atoms with Crippen LogP contribution < -0.4 is 5.32 Å². The van der Waals surface area contributed by atoms with Crippen molar-refractivity contribution >= 4 is 6.09 Å². The van der Waals surface area contributed by atoms with Gasteiger partial charge in [0.2, 0.25) is 0 Å². The second-order valence-electron chi connectivity index (χ2n) is 6.46. The number of carbonyl (C=O) groups is 1. The highest BCUT2D eigenvalue weighted by molar-refractivity contribution is 5.68. The van der Waals surface area contributed by atoms with Gasteiger partial charge in [0, 0.05) is 32.3 Å². The summed E-state index contributed by atoms with van der Waals surface area (Å²) < 4.78 is 5.39. The molecule has 0 aromatic rings. The SMILES string of the molecule is CC(CO)CNC1CCCN(C(=O)OC(C)(C)C)C1. The monoisotopic (exact) mass is 272 g/mol. The number of carbonyl (C=O) groups excluding carboxylic acids is 1. The molecule has 1 heterocycles. The molecule has 1 rings (SSSR count). The van der Waals surface area contributed by atoms with Gasteiger partial charge in [-0.05, 0) is 39.5 Å². The topological polar surface area (TPSA) is 61.8 Å². The van der Waals surface area contributed by atoms with E-state index in [2.05, 4.69) is 5.32 Å². The minimum absolute atomic E-state index is 0.190. The van der Waals surface area contributed by atoms with Crippen molar-refractivity contribution in [3.63, 3.8) is 0 Å². The first-order chi connectivity index (χ1) is 8.81. The van der Waals surface area contributed by atoms with E-state index in [9.17, 15) is 4.79 Å². The normalized spacial score (nSPS) is 22.2. The zero-order valence-electron chi connectivity index (χ0n) is 12.6. The summed E-state index contributed by atoms with van der Waals surface area (Å²) in [6.45, 7) is 10.1. The Balaban J connectivity index is 2.39. The molecule has 1 amide bonds. The van der Waals surface area contributed by atoms with Crippen molar-refractivity contribution in [2.75, 3.05) is 26.2 Å². The molecule has 0 aromatic carbocycles. The lowest BCUT2D eigenvalue weighted by Gasteiger charge is -2.34. The Labute approximate surface area is 116 Å². The van der Waals surface area contributed by atoms with Gasteiger partial charge < -0.3 is 20.1 Å². The van der Waals surface area contributed by atoms with Gasteiger partial charge in [-0.1, -0.05) is 6.92 Å². The quantitative estimate of drug-likeness (QED) is 0.816. The van der Waals surface area contributed by atoms with E-state index >= 15 is 0 Å². The second kappa shape index (κ2) is 7.10. The number of hydrogen-bond acceptors (Lipinski definition) is 4. The molecule has 1 fully saturated rings. The Hall–Kier alpha value is -0.810. The van der Waals surface area contributed by atoms with Gasteiger partial charge in [0.25, 0.3) is 0 Å². The molecular formula is C14H28N2O3. The number of nitrogens with zero attached hydrogens (tertiary/aromatic N) is 1. The van der Waals surface area contributed by atoms with Crippen molar-refractivity contribution < 1.29 is 14.6 Å². The van der Waals surface area contributed by atoms with Crippen molar-refractivity contribution in [3.05, 3.63) is 0 Å². The molecule has 1 aliphatic rings. The summed E-state index contributed by atoms with van der Waals surface area (Å²) in [6, 6.07) is 0.301. The van der Waals surface area contributed by atoms with E-state index in [-0.39, 0.29) is 18.6 Å². The van der Waals surface area contributed by atoms with Crippen molar-refractivity contribution in [1.82, 2.24) is 10.2 Å². The van der Waals surface area contributed by atoms with Gasteiger partial charge in [0.15, 0.2) is 0 Å². The first-order valence-electron chi connectivity index (χ1n) is 7.14. The van der Waals surface area contributed by atoms with E-state index in [1.165, 1.54) is 0 Å². The molecule has 19 heavy (non-hydrogen) atoms. The number of aliphatic hydroxyl groups is 1. The third kappa shape index (κ3) is 6.25. The summed E-state index contributed by atoms with van der Waals surface area (Å²) in [7, 11) is 0. The van der Waals surface area contributed by atoms with Crippen LogP contribution in [-0.4, -0.2) is 54.0 Å². The molecule has 1 saturated heterocycles. The van der Waals surface area contributed by atoms with Crippen LogP contribution in [0.15, 0.2) is 0 Å². The van der Waals surface area contributed by atoms with E-state index < -0.39 is 5.60 Å². The number of ether oxygens (including phenoxy) is 1. The molecule has 0 saturated carbocycles. The van der Waals surface area contributed by atoms with Gasteiger partial charge in [-0.25, -0.2) is 4.79 Å². The Morgan fingerprint density at radius 1 is 1.53 bits per heavy atom. The summed E-state index contributed by atoms with van der Waals surface area (Å²) >= 11 is 0. The van der Waals surface area contributed by atoms with E-state index in [0.29, 0.717) is 12.6 Å². The van der Waals surface area contributed by atoms with E-state index in [1.54, 1.807) is 4.90 Å². The molecule has 2 atom stereocenters. The first-order valence-corrected chi connectivity index (χ1v) is 7.14. The number of likely N-dealkylation sites (tertiary alicyclic amines) is 1. The van der Waals surface area contributed by atoms with E-state index in [0.717, 1.165) is 25.9 Å². The number of amides is 1. The Morgan fingerprint density at radius 2 is 2.21 bits per heavy atom. The van der Waals surface area contributed by atoms with Crippen LogP contribution in [0.25, 0.3) is 0 Å². The molecule has 1 aliphatic heterocycles. The van der Waals surface area contributed by atoms with E-state index in [1.807, 2.05) is 27.7 Å². The Morgan fingerprint density at radius 3 is 2.79 bits per heavy atom. The second-order valence-corrected chi connectivity index (χ2v) is 6.46. The lowest BCUT2D eigenvalue weighted by atomic mass is 10.1. The zero-order valence-corrected chi connectivity index (χ0v) is 12.6. The molecule has 0 bridgehead atoms.